The fourth-order valence-corrected chi connectivity index (χ4v) is 3.28. The minimum Gasteiger partial charge on any atom is -0.483 e. The molecule has 0 spiro atoms. The summed E-state index contributed by atoms with van der Waals surface area (Å²) in [5.41, 5.74) is 2.73. The summed E-state index contributed by atoms with van der Waals surface area (Å²) in [6.07, 6.45) is 7.51. The second kappa shape index (κ2) is 11.3. The summed E-state index contributed by atoms with van der Waals surface area (Å²) in [5, 5.41) is 16.8. The van der Waals surface area contributed by atoms with E-state index < -0.39 is 0 Å². The van der Waals surface area contributed by atoms with Crippen LogP contribution in [0.1, 0.15) is 17.9 Å². The Labute approximate surface area is 184 Å². The van der Waals surface area contributed by atoms with Gasteiger partial charge in [-0.1, -0.05) is 0 Å². The van der Waals surface area contributed by atoms with Gasteiger partial charge in [0.2, 0.25) is 5.82 Å². The van der Waals surface area contributed by atoms with Crippen molar-refractivity contribution >= 4 is 18.2 Å². The Morgan fingerprint density at radius 1 is 1.22 bits per heavy atom. The van der Waals surface area contributed by atoms with Crippen LogP contribution in [-0.2, 0) is 11.3 Å². The van der Waals surface area contributed by atoms with Crippen LogP contribution in [-0.4, -0.2) is 78.8 Å². The first kappa shape index (κ1) is 22.6. The number of aryl methyl sites for hydroxylation is 1. The fraction of sp³-hybridized carbons (Fsp3) is 0.350. The fourth-order valence-electron chi connectivity index (χ4n) is 3.28. The van der Waals surface area contributed by atoms with E-state index in [4.69, 9.17) is 9.90 Å². The van der Waals surface area contributed by atoms with E-state index in [1.165, 1.54) is 0 Å². The highest BCUT2D eigenvalue weighted by Crippen LogP contribution is 2.17. The summed E-state index contributed by atoms with van der Waals surface area (Å²) in [5.74, 6) is 1.03. The van der Waals surface area contributed by atoms with E-state index in [0.717, 1.165) is 30.9 Å². The summed E-state index contributed by atoms with van der Waals surface area (Å²) < 4.78 is 0. The molecule has 12 nitrogen and oxygen atoms in total. The number of nitrogens with one attached hydrogen (secondary N) is 2. The summed E-state index contributed by atoms with van der Waals surface area (Å²) in [7, 11) is 0. The molecule has 0 aromatic carbocycles. The van der Waals surface area contributed by atoms with Gasteiger partial charge in [0.25, 0.3) is 6.47 Å². The molecule has 3 aromatic heterocycles. The van der Waals surface area contributed by atoms with E-state index in [0.29, 0.717) is 30.4 Å². The number of hydrogen-bond donors (Lipinski definition) is 3. The molecular weight excluding hydrogens is 414 g/mol. The van der Waals surface area contributed by atoms with Gasteiger partial charge in [0, 0.05) is 56.2 Å². The Hall–Kier alpha value is -4.09. The van der Waals surface area contributed by atoms with E-state index in [1.54, 1.807) is 18.6 Å². The summed E-state index contributed by atoms with van der Waals surface area (Å²) >= 11 is 0. The lowest BCUT2D eigenvalue weighted by Crippen LogP contribution is -2.41. The van der Waals surface area contributed by atoms with Gasteiger partial charge in [-0.2, -0.15) is 5.10 Å². The van der Waals surface area contributed by atoms with E-state index in [1.807, 2.05) is 24.1 Å². The third kappa shape index (κ3) is 6.20. The highest BCUT2D eigenvalue weighted by molar-refractivity contribution is 5.74. The highest BCUT2D eigenvalue weighted by atomic mass is 16.3. The molecule has 0 aliphatic carbocycles. The van der Waals surface area contributed by atoms with Crippen molar-refractivity contribution in [2.45, 2.75) is 19.9 Å². The number of carboxylic acid groups (broad SMARTS) is 1. The number of rotatable bonds is 4. The molecule has 1 saturated heterocycles. The molecule has 168 valence electrons. The predicted octanol–water partition coefficient (Wildman–Crippen LogP) is 1.09. The van der Waals surface area contributed by atoms with Gasteiger partial charge < -0.3 is 20.2 Å². The summed E-state index contributed by atoms with van der Waals surface area (Å²) in [6, 6.07) is 3.99. The van der Waals surface area contributed by atoms with Crippen molar-refractivity contribution in [3.8, 4) is 11.5 Å². The smallest absolute Gasteiger partial charge is 0.317 e. The van der Waals surface area contributed by atoms with Crippen LogP contribution in [0.4, 0.5) is 10.5 Å². The van der Waals surface area contributed by atoms with Crippen molar-refractivity contribution in [3.63, 3.8) is 0 Å². The monoisotopic (exact) mass is 439 g/mol. The molecular formula is C20H25N9O3. The van der Waals surface area contributed by atoms with Crippen LogP contribution in [0.25, 0.3) is 11.5 Å². The highest BCUT2D eigenvalue weighted by Gasteiger charge is 2.19. The Kier molecular flexibility index (Phi) is 8.01. The van der Waals surface area contributed by atoms with Crippen molar-refractivity contribution in [1.82, 2.24) is 40.3 Å². The molecule has 1 aliphatic heterocycles. The van der Waals surface area contributed by atoms with Crippen molar-refractivity contribution in [2.24, 2.45) is 0 Å². The maximum Gasteiger partial charge on any atom is 0.317 e. The maximum absolute atomic E-state index is 12.6. The zero-order valence-electron chi connectivity index (χ0n) is 17.7. The third-order valence-corrected chi connectivity index (χ3v) is 4.76. The lowest BCUT2D eigenvalue weighted by atomic mass is 10.3. The lowest BCUT2D eigenvalue weighted by molar-refractivity contribution is -0.122. The maximum atomic E-state index is 12.6. The molecule has 12 heteroatoms. The zero-order valence-corrected chi connectivity index (χ0v) is 17.7. The van der Waals surface area contributed by atoms with Crippen LogP contribution in [0, 0.1) is 6.92 Å². The van der Waals surface area contributed by atoms with E-state index >= 15 is 0 Å². The molecule has 32 heavy (non-hydrogen) atoms. The third-order valence-electron chi connectivity index (χ3n) is 4.76. The Balaban J connectivity index is 0.000000913. The number of anilines is 1. The van der Waals surface area contributed by atoms with Crippen LogP contribution >= 0.6 is 0 Å². The molecule has 4 rings (SSSR count). The number of H-pyrrole nitrogens is 1. The first-order chi connectivity index (χ1) is 15.6. The van der Waals surface area contributed by atoms with Crippen molar-refractivity contribution in [2.75, 3.05) is 31.1 Å². The molecule has 4 heterocycles. The number of urea groups is 1. The molecule has 0 radical (unpaired) electrons. The average molecular weight is 439 g/mol. The topological polar surface area (TPSA) is 153 Å². The SMILES string of the molecule is Cc1cc(N2CCCN(C(=O)NCc3nc(-c4cnccn4)n[nH]3)CC2)ccn1.O=CO. The normalized spacial score (nSPS) is 13.5. The molecule has 2 amide bonds. The number of amides is 2. The number of aromatic amines is 1. The van der Waals surface area contributed by atoms with Crippen molar-refractivity contribution in [3.05, 3.63) is 48.4 Å². The van der Waals surface area contributed by atoms with Gasteiger partial charge in [-0.15, -0.1) is 0 Å². The van der Waals surface area contributed by atoms with Gasteiger partial charge in [0.05, 0.1) is 12.7 Å². The molecule has 0 saturated carbocycles. The Morgan fingerprint density at radius 2 is 2.06 bits per heavy atom. The number of pyridine rings is 1. The quantitative estimate of drug-likeness (QED) is 0.507. The lowest BCUT2D eigenvalue weighted by Gasteiger charge is -2.24. The number of nitrogens with zero attached hydrogens (tertiary/aromatic N) is 7. The molecule has 0 unspecified atom stereocenters. The first-order valence-corrected chi connectivity index (χ1v) is 10.1. The van der Waals surface area contributed by atoms with Gasteiger partial charge in [-0.05, 0) is 25.5 Å². The minimum atomic E-state index is -0.250. The van der Waals surface area contributed by atoms with E-state index in [-0.39, 0.29) is 19.0 Å². The van der Waals surface area contributed by atoms with Gasteiger partial charge in [0.1, 0.15) is 11.5 Å². The van der Waals surface area contributed by atoms with Crippen LogP contribution in [0.5, 0.6) is 0 Å². The number of carbonyl (C=O) groups excluding carboxylic acids is 1. The van der Waals surface area contributed by atoms with Gasteiger partial charge >= 0.3 is 6.03 Å². The minimum absolute atomic E-state index is 0.102. The average Bonchev–Trinajstić information content (AvgIpc) is 3.14. The van der Waals surface area contributed by atoms with E-state index in [2.05, 4.69) is 46.4 Å². The molecule has 3 aromatic rings. The molecule has 0 atom stereocenters. The second-order valence-electron chi connectivity index (χ2n) is 6.94. The zero-order chi connectivity index (χ0) is 22.8. The van der Waals surface area contributed by atoms with Gasteiger partial charge in [0.15, 0.2) is 0 Å². The molecule has 1 aliphatic rings. The molecule has 3 N–H and O–H groups in total. The van der Waals surface area contributed by atoms with E-state index in [9.17, 15) is 4.79 Å². The van der Waals surface area contributed by atoms with Gasteiger partial charge in [-0.3, -0.25) is 19.9 Å². The molecule has 0 bridgehead atoms. The van der Waals surface area contributed by atoms with Crippen molar-refractivity contribution < 1.29 is 14.7 Å². The predicted molar refractivity (Wildman–Crippen MR) is 116 cm³/mol. The number of carbonyl (C=O) groups is 2. The largest absolute Gasteiger partial charge is 0.483 e. The summed E-state index contributed by atoms with van der Waals surface area (Å²) in [6.45, 7) is 5.09. The Morgan fingerprint density at radius 3 is 2.81 bits per heavy atom. The standard InChI is InChI=1S/C19H23N9O.CH2O2/c1-14-11-15(3-4-21-14)27-7-2-8-28(10-9-27)19(29)23-13-17-24-18(26-25-17)16-12-20-5-6-22-16;2-1-3/h3-6,11-12H,2,7-10,13H2,1H3,(H,23,29)(H,24,25,26);1H,(H,2,3). The molecule has 1 fully saturated rings. The van der Waals surface area contributed by atoms with Crippen LogP contribution in [0.2, 0.25) is 0 Å². The van der Waals surface area contributed by atoms with Crippen molar-refractivity contribution in [1.29, 1.82) is 0 Å². The van der Waals surface area contributed by atoms with Crippen LogP contribution in [0.15, 0.2) is 36.9 Å². The Bertz CT molecular complexity index is 1010. The second-order valence-corrected chi connectivity index (χ2v) is 6.94. The van der Waals surface area contributed by atoms with Gasteiger partial charge in [-0.25, -0.2) is 14.8 Å². The number of hydrogen-bond acceptors (Lipinski definition) is 8. The first-order valence-electron chi connectivity index (χ1n) is 10.1. The summed E-state index contributed by atoms with van der Waals surface area (Å²) in [4.78, 5) is 41.9. The number of aromatic nitrogens is 6. The van der Waals surface area contributed by atoms with Crippen LogP contribution in [0.3, 0.4) is 0 Å². The van der Waals surface area contributed by atoms with Crippen LogP contribution < -0.4 is 10.2 Å².